The maximum Gasteiger partial charge on any atom is 0.411 e. The molecule has 4 atom stereocenters. The molecule has 3 aliphatic rings. The first-order chi connectivity index (χ1) is 17.1. The highest BCUT2D eigenvalue weighted by molar-refractivity contribution is 5.89. The number of halogens is 1. The van der Waals surface area contributed by atoms with Gasteiger partial charge in [-0.2, -0.15) is 5.26 Å². The van der Waals surface area contributed by atoms with Gasteiger partial charge < -0.3 is 4.74 Å². The number of H-pyrrole nitrogens is 1. The predicted molar refractivity (Wildman–Crippen MR) is 130 cm³/mol. The molecule has 1 amide bonds. The van der Waals surface area contributed by atoms with Crippen LogP contribution in [0.15, 0.2) is 24.4 Å². The lowest BCUT2D eigenvalue weighted by atomic mass is 9.87. The van der Waals surface area contributed by atoms with Crippen molar-refractivity contribution in [3.8, 4) is 17.3 Å². The van der Waals surface area contributed by atoms with Crippen LogP contribution < -0.4 is 4.57 Å². The van der Waals surface area contributed by atoms with Gasteiger partial charge in [-0.25, -0.2) is 18.7 Å². The van der Waals surface area contributed by atoms with E-state index in [-0.39, 0.29) is 36.4 Å². The number of carbonyl (C=O) groups excluding carboxylic acids is 2. The first-order valence-corrected chi connectivity index (χ1v) is 13.0. The molecule has 3 heterocycles. The number of ether oxygens (including phenoxy) is 1. The zero-order valence-electron chi connectivity index (χ0n) is 21.2. The number of piperidine rings is 1. The first kappa shape index (κ1) is 24.5. The Morgan fingerprint density at radius 1 is 1.33 bits per heavy atom. The quantitative estimate of drug-likeness (QED) is 0.601. The SMILES string of the molecule is CC(C)(C)OC(=O)N1[C@@H]2CC[C@@H](C2)[C@H]1C(=O)C[C@H](C#N)Cc1ccc(-c2c[nH]c3[n+]2CCC3)cc1F. The van der Waals surface area contributed by atoms with E-state index in [1.165, 1.54) is 6.07 Å². The molecule has 7 nitrogen and oxygen atoms in total. The maximum absolute atomic E-state index is 15.1. The highest BCUT2D eigenvalue weighted by atomic mass is 19.1. The molecule has 2 bridgehead atoms. The number of amides is 1. The number of carbonyl (C=O) groups is 2. The molecule has 1 saturated heterocycles. The average molecular weight is 494 g/mol. The molecule has 8 heteroatoms. The standard InChI is InChI=1S/C28H33FN4O3/c1-28(2,3)36-27(35)33-21-9-8-20(13-21)26(33)24(34)12-17(15-30)11-18-6-7-19(14-22(18)29)23-16-31-25-5-4-10-32(23)25/h6-7,14,16-17,20-21,26H,4-5,8-13H2,1-3H3/p+1/t17-,20+,21-,26+/m1/s1. The minimum Gasteiger partial charge on any atom is -0.444 e. The smallest absolute Gasteiger partial charge is 0.411 e. The van der Waals surface area contributed by atoms with Crippen LogP contribution in [0.2, 0.25) is 0 Å². The van der Waals surface area contributed by atoms with Crippen molar-refractivity contribution < 1.29 is 23.3 Å². The van der Waals surface area contributed by atoms with Crippen molar-refractivity contribution in [3.63, 3.8) is 0 Å². The zero-order valence-corrected chi connectivity index (χ0v) is 21.2. The molecule has 5 rings (SSSR count). The molecular formula is C28H34FN4O3+. The number of hydrogen-bond donors (Lipinski definition) is 1. The van der Waals surface area contributed by atoms with Gasteiger partial charge in [0.15, 0.2) is 11.5 Å². The maximum atomic E-state index is 15.1. The van der Waals surface area contributed by atoms with Crippen molar-refractivity contribution in [1.29, 1.82) is 5.26 Å². The molecule has 1 aliphatic carbocycles. The summed E-state index contributed by atoms with van der Waals surface area (Å²) in [6, 6.07) is 6.77. The second-order valence-electron chi connectivity index (χ2n) is 11.4. The molecule has 1 aromatic heterocycles. The molecular weight excluding hydrogens is 459 g/mol. The van der Waals surface area contributed by atoms with Crippen LogP contribution in [0.25, 0.3) is 11.3 Å². The van der Waals surface area contributed by atoms with Crippen molar-refractivity contribution >= 4 is 11.9 Å². The number of nitriles is 1. The van der Waals surface area contributed by atoms with Gasteiger partial charge in [0.1, 0.15) is 17.6 Å². The van der Waals surface area contributed by atoms with Gasteiger partial charge in [-0.1, -0.05) is 12.1 Å². The molecule has 190 valence electrons. The van der Waals surface area contributed by atoms with E-state index in [1.54, 1.807) is 11.0 Å². The van der Waals surface area contributed by atoms with Gasteiger partial charge in [0.05, 0.1) is 31.0 Å². The number of fused-ring (bicyclic) bond motifs is 3. The van der Waals surface area contributed by atoms with Gasteiger partial charge in [0.2, 0.25) is 0 Å². The number of nitrogens with one attached hydrogen (secondary N) is 1. The van der Waals surface area contributed by atoms with E-state index in [1.807, 2.05) is 33.0 Å². The Morgan fingerprint density at radius 3 is 2.86 bits per heavy atom. The third-order valence-electron chi connectivity index (χ3n) is 7.75. The van der Waals surface area contributed by atoms with E-state index in [2.05, 4.69) is 15.6 Å². The van der Waals surface area contributed by atoms with E-state index in [9.17, 15) is 14.9 Å². The number of nitrogens with zero attached hydrogens (tertiary/aromatic N) is 3. The summed E-state index contributed by atoms with van der Waals surface area (Å²) in [4.78, 5) is 31.1. The topological polar surface area (TPSA) is 90.1 Å². The Balaban J connectivity index is 1.28. The normalized spacial score (nSPS) is 23.4. The highest BCUT2D eigenvalue weighted by Crippen LogP contribution is 2.44. The van der Waals surface area contributed by atoms with E-state index < -0.39 is 23.7 Å². The number of aromatic nitrogens is 2. The molecule has 2 aromatic rings. The minimum absolute atomic E-state index is 0.00789. The third-order valence-corrected chi connectivity index (χ3v) is 7.75. The molecule has 2 aliphatic heterocycles. The van der Waals surface area contributed by atoms with Crippen molar-refractivity contribution in [2.24, 2.45) is 11.8 Å². The first-order valence-electron chi connectivity index (χ1n) is 13.0. The number of imidazole rings is 1. The molecule has 1 aromatic carbocycles. The second kappa shape index (κ2) is 9.34. The number of likely N-dealkylation sites (tertiary alicyclic amines) is 1. The summed E-state index contributed by atoms with van der Waals surface area (Å²) >= 11 is 0. The average Bonchev–Trinajstić information content (AvgIpc) is 3.59. The molecule has 0 spiro atoms. The Hall–Kier alpha value is -3.21. The van der Waals surface area contributed by atoms with E-state index in [0.29, 0.717) is 5.56 Å². The number of Topliss-reactive ketones (excluding diaryl/α,β-unsaturated/α-hetero) is 1. The molecule has 0 unspecified atom stereocenters. The van der Waals surface area contributed by atoms with Crippen molar-refractivity contribution in [2.75, 3.05) is 0 Å². The number of aryl methyl sites for hydroxylation is 1. The van der Waals surface area contributed by atoms with E-state index in [4.69, 9.17) is 4.74 Å². The largest absolute Gasteiger partial charge is 0.444 e. The van der Waals surface area contributed by atoms with Crippen LogP contribution in [0.4, 0.5) is 9.18 Å². The molecule has 1 N–H and O–H groups in total. The lowest BCUT2D eigenvalue weighted by molar-refractivity contribution is -0.678. The van der Waals surface area contributed by atoms with E-state index in [0.717, 1.165) is 55.7 Å². The summed E-state index contributed by atoms with van der Waals surface area (Å²) < 4.78 is 22.9. The number of rotatable bonds is 6. The summed E-state index contributed by atoms with van der Waals surface area (Å²) in [6.07, 6.45) is 6.22. The van der Waals surface area contributed by atoms with Crippen molar-refractivity contribution in [2.45, 2.75) is 89.9 Å². The predicted octanol–water partition coefficient (Wildman–Crippen LogP) is 4.48. The number of aromatic amines is 1. The number of hydrogen-bond acceptors (Lipinski definition) is 4. The van der Waals surface area contributed by atoms with E-state index >= 15 is 4.39 Å². The van der Waals surface area contributed by atoms with Crippen LogP contribution in [-0.4, -0.2) is 39.4 Å². The van der Waals surface area contributed by atoms with Gasteiger partial charge in [-0.3, -0.25) is 9.69 Å². The van der Waals surface area contributed by atoms with Gasteiger partial charge in [-0.05, 0) is 70.4 Å². The second-order valence-corrected chi connectivity index (χ2v) is 11.4. The molecule has 0 radical (unpaired) electrons. The van der Waals surface area contributed by atoms with Crippen LogP contribution in [-0.2, 0) is 28.9 Å². The molecule has 2 fully saturated rings. The summed E-state index contributed by atoms with van der Waals surface area (Å²) in [5.74, 6) is 0.0906. The summed E-state index contributed by atoms with van der Waals surface area (Å²) in [7, 11) is 0. The number of benzene rings is 1. The van der Waals surface area contributed by atoms with Crippen molar-refractivity contribution in [3.05, 3.63) is 41.6 Å². The monoisotopic (exact) mass is 493 g/mol. The minimum atomic E-state index is -0.664. The fourth-order valence-electron chi connectivity index (χ4n) is 6.20. The van der Waals surface area contributed by atoms with Gasteiger partial charge >= 0.3 is 6.09 Å². The van der Waals surface area contributed by atoms with Crippen LogP contribution in [0, 0.1) is 29.0 Å². The van der Waals surface area contributed by atoms with Crippen LogP contribution >= 0.6 is 0 Å². The Kier molecular flexibility index (Phi) is 6.36. The molecule has 36 heavy (non-hydrogen) atoms. The third kappa shape index (κ3) is 4.63. The Morgan fingerprint density at radius 2 is 2.14 bits per heavy atom. The summed E-state index contributed by atoms with van der Waals surface area (Å²) in [6.45, 7) is 6.34. The summed E-state index contributed by atoms with van der Waals surface area (Å²) in [5.41, 5.74) is 1.52. The van der Waals surface area contributed by atoms with Crippen LogP contribution in [0.3, 0.4) is 0 Å². The molecule has 1 saturated carbocycles. The number of ketones is 1. The van der Waals surface area contributed by atoms with Gasteiger partial charge in [-0.15, -0.1) is 0 Å². The van der Waals surface area contributed by atoms with Crippen LogP contribution in [0.5, 0.6) is 0 Å². The summed E-state index contributed by atoms with van der Waals surface area (Å²) in [5, 5.41) is 9.80. The van der Waals surface area contributed by atoms with Crippen molar-refractivity contribution in [1.82, 2.24) is 9.88 Å². The van der Waals surface area contributed by atoms with Crippen LogP contribution in [0.1, 0.15) is 64.3 Å². The zero-order chi connectivity index (χ0) is 25.6. The lowest BCUT2D eigenvalue weighted by Crippen LogP contribution is -2.51. The Bertz CT molecular complexity index is 1220. The lowest BCUT2D eigenvalue weighted by Gasteiger charge is -2.35. The fourth-order valence-corrected chi connectivity index (χ4v) is 6.20. The van der Waals surface area contributed by atoms with Gasteiger partial charge in [0.25, 0.3) is 5.82 Å². The Labute approximate surface area is 211 Å². The highest BCUT2D eigenvalue weighted by Gasteiger charge is 2.52. The van der Waals surface area contributed by atoms with Gasteiger partial charge in [0, 0.05) is 18.0 Å². The fraction of sp³-hybridized carbons (Fsp3) is 0.571.